The van der Waals surface area contributed by atoms with Crippen LogP contribution in [0.5, 0.6) is 0 Å². The molecule has 1 aliphatic heterocycles. The van der Waals surface area contributed by atoms with Crippen LogP contribution in [-0.4, -0.2) is 50.3 Å². The third kappa shape index (κ3) is 5.41. The molecule has 0 saturated carbocycles. The zero-order valence-corrected chi connectivity index (χ0v) is 13.5. The molecule has 1 saturated heterocycles. The average molecular weight is 270 g/mol. The molecule has 0 aromatic rings. The molecule has 0 bridgehead atoms. The van der Waals surface area contributed by atoms with E-state index in [2.05, 4.69) is 31.0 Å². The largest absolute Gasteiger partial charge is 0.384 e. The lowest BCUT2D eigenvalue weighted by Gasteiger charge is -2.41. The van der Waals surface area contributed by atoms with Crippen molar-refractivity contribution in [1.82, 2.24) is 10.2 Å². The zero-order chi connectivity index (χ0) is 14.1. The Hall–Kier alpha value is -0.120. The van der Waals surface area contributed by atoms with Crippen molar-refractivity contribution in [2.24, 2.45) is 5.92 Å². The van der Waals surface area contributed by atoms with E-state index < -0.39 is 0 Å². The fourth-order valence-electron chi connectivity index (χ4n) is 3.49. The molecule has 3 nitrogen and oxygen atoms in total. The summed E-state index contributed by atoms with van der Waals surface area (Å²) in [6.07, 6.45) is 6.43. The van der Waals surface area contributed by atoms with Crippen molar-refractivity contribution >= 4 is 0 Å². The Morgan fingerprint density at radius 1 is 1.21 bits per heavy atom. The van der Waals surface area contributed by atoms with Gasteiger partial charge in [0.2, 0.25) is 0 Å². The predicted molar refractivity (Wildman–Crippen MR) is 82.6 cm³/mol. The lowest BCUT2D eigenvalue weighted by Crippen LogP contribution is -2.52. The molecule has 1 fully saturated rings. The Labute approximate surface area is 120 Å². The second kappa shape index (κ2) is 9.73. The summed E-state index contributed by atoms with van der Waals surface area (Å²) in [4.78, 5) is 2.72. The molecule has 0 aliphatic carbocycles. The number of nitrogens with one attached hydrogen (secondary N) is 1. The first-order chi connectivity index (χ1) is 9.26. The van der Waals surface area contributed by atoms with Gasteiger partial charge in [0, 0.05) is 25.8 Å². The number of methoxy groups -OCH3 is 1. The number of hydrogen-bond donors (Lipinski definition) is 1. The van der Waals surface area contributed by atoms with Crippen molar-refractivity contribution in [2.45, 2.75) is 65.0 Å². The molecular formula is C16H34N2O. The van der Waals surface area contributed by atoms with Crippen LogP contribution in [0.1, 0.15) is 52.9 Å². The maximum atomic E-state index is 5.30. The summed E-state index contributed by atoms with van der Waals surface area (Å²) in [5, 5.41) is 3.70. The second-order valence-electron chi connectivity index (χ2n) is 5.86. The highest BCUT2D eigenvalue weighted by Crippen LogP contribution is 2.23. The Kier molecular flexibility index (Phi) is 8.67. The van der Waals surface area contributed by atoms with Crippen LogP contribution < -0.4 is 5.32 Å². The van der Waals surface area contributed by atoms with E-state index in [1.54, 1.807) is 0 Å². The Morgan fingerprint density at radius 2 is 1.89 bits per heavy atom. The molecule has 2 unspecified atom stereocenters. The quantitative estimate of drug-likeness (QED) is 0.697. The van der Waals surface area contributed by atoms with Gasteiger partial charge < -0.3 is 10.1 Å². The van der Waals surface area contributed by atoms with Gasteiger partial charge in [-0.2, -0.15) is 0 Å². The summed E-state index contributed by atoms with van der Waals surface area (Å²) in [5.74, 6) is 0.780. The summed E-state index contributed by atoms with van der Waals surface area (Å²) in [5.41, 5.74) is 0. The number of ether oxygens (including phenoxy) is 1. The molecule has 0 amide bonds. The molecule has 1 aliphatic rings. The Bertz CT molecular complexity index is 209. The van der Waals surface area contributed by atoms with Crippen LogP contribution in [-0.2, 0) is 4.74 Å². The standard InChI is InChI=1S/C16H34N2O/c1-5-8-15(17-7-3)16(6-2)18-11-9-14(10-12-18)13-19-4/h14-17H,5-13H2,1-4H3. The number of rotatable bonds is 9. The lowest BCUT2D eigenvalue weighted by atomic mass is 9.92. The first-order valence-electron chi connectivity index (χ1n) is 8.23. The Balaban J connectivity index is 2.49. The van der Waals surface area contributed by atoms with Crippen molar-refractivity contribution in [2.75, 3.05) is 33.4 Å². The predicted octanol–water partition coefficient (Wildman–Crippen LogP) is 2.90. The van der Waals surface area contributed by atoms with Crippen LogP contribution in [0.3, 0.4) is 0 Å². The monoisotopic (exact) mass is 270 g/mol. The van der Waals surface area contributed by atoms with Gasteiger partial charge in [-0.3, -0.25) is 4.90 Å². The first-order valence-corrected chi connectivity index (χ1v) is 8.23. The highest BCUT2D eigenvalue weighted by atomic mass is 16.5. The van der Waals surface area contributed by atoms with Crippen LogP contribution in [0.4, 0.5) is 0 Å². The van der Waals surface area contributed by atoms with Gasteiger partial charge in [0.25, 0.3) is 0 Å². The average Bonchev–Trinajstić information content (AvgIpc) is 2.42. The molecule has 2 atom stereocenters. The summed E-state index contributed by atoms with van der Waals surface area (Å²) in [6.45, 7) is 11.4. The van der Waals surface area contributed by atoms with Crippen molar-refractivity contribution in [3.8, 4) is 0 Å². The van der Waals surface area contributed by atoms with Crippen LogP contribution in [0.15, 0.2) is 0 Å². The lowest BCUT2D eigenvalue weighted by molar-refractivity contribution is 0.0652. The second-order valence-corrected chi connectivity index (χ2v) is 5.86. The molecule has 3 heteroatoms. The van der Waals surface area contributed by atoms with Crippen molar-refractivity contribution in [3.63, 3.8) is 0 Å². The van der Waals surface area contributed by atoms with Gasteiger partial charge in [0.15, 0.2) is 0 Å². The van der Waals surface area contributed by atoms with Gasteiger partial charge in [-0.1, -0.05) is 27.2 Å². The van der Waals surface area contributed by atoms with E-state index in [9.17, 15) is 0 Å². The van der Waals surface area contributed by atoms with Gasteiger partial charge in [-0.25, -0.2) is 0 Å². The minimum atomic E-state index is 0.666. The molecule has 19 heavy (non-hydrogen) atoms. The van der Waals surface area contributed by atoms with E-state index in [1.807, 2.05) is 7.11 Å². The van der Waals surface area contributed by atoms with Crippen LogP contribution in [0, 0.1) is 5.92 Å². The van der Waals surface area contributed by atoms with E-state index in [0.29, 0.717) is 12.1 Å². The molecule has 0 aromatic carbocycles. The number of nitrogens with zero attached hydrogens (tertiary/aromatic N) is 1. The van der Waals surface area contributed by atoms with E-state index in [-0.39, 0.29) is 0 Å². The maximum Gasteiger partial charge on any atom is 0.0491 e. The van der Waals surface area contributed by atoms with Crippen molar-refractivity contribution < 1.29 is 4.74 Å². The van der Waals surface area contributed by atoms with E-state index in [0.717, 1.165) is 19.1 Å². The van der Waals surface area contributed by atoms with Crippen LogP contribution in [0.25, 0.3) is 0 Å². The van der Waals surface area contributed by atoms with Gasteiger partial charge in [0.1, 0.15) is 0 Å². The highest BCUT2D eigenvalue weighted by molar-refractivity contribution is 4.86. The first kappa shape index (κ1) is 16.9. The molecule has 0 radical (unpaired) electrons. The number of likely N-dealkylation sites (tertiary alicyclic amines) is 1. The third-order valence-corrected chi connectivity index (χ3v) is 4.47. The molecule has 1 N–H and O–H groups in total. The number of likely N-dealkylation sites (N-methyl/N-ethyl adjacent to an activating group) is 1. The molecular weight excluding hydrogens is 236 g/mol. The topological polar surface area (TPSA) is 24.5 Å². The van der Waals surface area contributed by atoms with Crippen LogP contribution >= 0.6 is 0 Å². The fraction of sp³-hybridized carbons (Fsp3) is 1.00. The zero-order valence-electron chi connectivity index (χ0n) is 13.5. The van der Waals surface area contributed by atoms with Gasteiger partial charge in [-0.05, 0) is 51.2 Å². The smallest absolute Gasteiger partial charge is 0.0491 e. The summed E-state index contributed by atoms with van der Waals surface area (Å²) >= 11 is 0. The summed E-state index contributed by atoms with van der Waals surface area (Å²) in [6, 6.07) is 1.38. The van der Waals surface area contributed by atoms with Gasteiger partial charge in [0.05, 0.1) is 0 Å². The minimum Gasteiger partial charge on any atom is -0.384 e. The van der Waals surface area contributed by atoms with Gasteiger partial charge >= 0.3 is 0 Å². The summed E-state index contributed by atoms with van der Waals surface area (Å²) in [7, 11) is 1.82. The highest BCUT2D eigenvalue weighted by Gasteiger charge is 2.28. The molecule has 1 rings (SSSR count). The fourth-order valence-corrected chi connectivity index (χ4v) is 3.49. The molecule has 0 aromatic heterocycles. The SMILES string of the molecule is CCCC(NCC)C(CC)N1CCC(COC)CC1. The number of piperidine rings is 1. The minimum absolute atomic E-state index is 0.666. The molecule has 114 valence electrons. The van der Waals surface area contributed by atoms with E-state index in [1.165, 1.54) is 45.2 Å². The summed E-state index contributed by atoms with van der Waals surface area (Å²) < 4.78 is 5.30. The Morgan fingerprint density at radius 3 is 2.37 bits per heavy atom. The molecule has 1 heterocycles. The van der Waals surface area contributed by atoms with E-state index >= 15 is 0 Å². The maximum absolute atomic E-state index is 5.30. The van der Waals surface area contributed by atoms with Crippen molar-refractivity contribution in [3.05, 3.63) is 0 Å². The molecule has 0 spiro atoms. The third-order valence-electron chi connectivity index (χ3n) is 4.47. The van der Waals surface area contributed by atoms with E-state index in [4.69, 9.17) is 4.74 Å². The van der Waals surface area contributed by atoms with Crippen LogP contribution in [0.2, 0.25) is 0 Å². The number of hydrogen-bond acceptors (Lipinski definition) is 3. The normalized spacial score (nSPS) is 21.5. The van der Waals surface area contributed by atoms with Gasteiger partial charge in [-0.15, -0.1) is 0 Å². The van der Waals surface area contributed by atoms with Crippen molar-refractivity contribution in [1.29, 1.82) is 0 Å².